The fourth-order valence-corrected chi connectivity index (χ4v) is 3.31. The van der Waals surface area contributed by atoms with E-state index in [0.717, 1.165) is 19.6 Å². The zero-order chi connectivity index (χ0) is 16.1. The lowest BCUT2D eigenvalue weighted by molar-refractivity contribution is 0.0323. The van der Waals surface area contributed by atoms with E-state index >= 15 is 0 Å². The molecule has 1 aliphatic heterocycles. The number of benzene rings is 1. The van der Waals surface area contributed by atoms with Gasteiger partial charge in [-0.05, 0) is 44.5 Å². The Morgan fingerprint density at radius 1 is 1.18 bits per heavy atom. The van der Waals surface area contributed by atoms with Crippen LogP contribution in [0.3, 0.4) is 0 Å². The van der Waals surface area contributed by atoms with E-state index in [1.165, 1.54) is 24.9 Å². The molecule has 0 spiro atoms. The molecule has 1 saturated heterocycles. The summed E-state index contributed by atoms with van der Waals surface area (Å²) in [7, 11) is 0. The second kappa shape index (κ2) is 7.75. The van der Waals surface area contributed by atoms with E-state index in [1.807, 2.05) is 12.1 Å². The molecule has 1 aromatic carbocycles. The molecule has 0 aromatic heterocycles. The lowest BCUT2D eigenvalue weighted by Crippen LogP contribution is -2.56. The minimum atomic E-state index is -0.863. The van der Waals surface area contributed by atoms with Crippen molar-refractivity contribution in [3.8, 4) is 0 Å². The largest absolute Gasteiger partial charge is 0.478 e. The molecule has 0 radical (unpaired) electrons. The van der Waals surface area contributed by atoms with Crippen LogP contribution < -0.4 is 0 Å². The molecule has 0 bridgehead atoms. The van der Waals surface area contributed by atoms with Crippen LogP contribution in [0.15, 0.2) is 24.3 Å². The molecular formula is C18H28N2O2. The Bertz CT molecular complexity index is 474. The van der Waals surface area contributed by atoms with Gasteiger partial charge in [-0.1, -0.05) is 25.5 Å². The molecule has 1 fully saturated rings. The van der Waals surface area contributed by atoms with Gasteiger partial charge in [-0.3, -0.25) is 4.90 Å². The van der Waals surface area contributed by atoms with Crippen LogP contribution in [0.25, 0.3) is 0 Å². The van der Waals surface area contributed by atoms with Crippen molar-refractivity contribution in [3.63, 3.8) is 0 Å². The van der Waals surface area contributed by atoms with Crippen molar-refractivity contribution in [1.29, 1.82) is 0 Å². The molecule has 1 aromatic rings. The second-order valence-corrected chi connectivity index (χ2v) is 6.49. The Hall–Kier alpha value is -1.39. The molecule has 4 nitrogen and oxygen atoms in total. The number of nitrogens with zero attached hydrogens (tertiary/aromatic N) is 2. The molecule has 2 rings (SSSR count). The fourth-order valence-electron chi connectivity index (χ4n) is 3.31. The molecule has 0 amide bonds. The molecule has 0 aliphatic carbocycles. The van der Waals surface area contributed by atoms with Crippen LogP contribution in [0.1, 0.15) is 49.5 Å². The molecule has 1 heterocycles. The van der Waals surface area contributed by atoms with E-state index < -0.39 is 5.97 Å². The monoisotopic (exact) mass is 304 g/mol. The van der Waals surface area contributed by atoms with Gasteiger partial charge in [0.1, 0.15) is 0 Å². The van der Waals surface area contributed by atoms with Gasteiger partial charge in [0.15, 0.2) is 0 Å². The number of unbranched alkanes of at least 4 members (excludes halogenated alkanes) is 1. The quantitative estimate of drug-likeness (QED) is 0.877. The highest BCUT2D eigenvalue weighted by atomic mass is 16.4. The average Bonchev–Trinajstić information content (AvgIpc) is 2.49. The SMILES string of the molecule is CCCCN1C[C@@H](C)N(Cc2ccc(C(=O)O)cc2)[C@@H](C)C1. The summed E-state index contributed by atoms with van der Waals surface area (Å²) in [6.45, 7) is 11.2. The number of carbonyl (C=O) groups is 1. The summed E-state index contributed by atoms with van der Waals surface area (Å²) < 4.78 is 0. The summed E-state index contributed by atoms with van der Waals surface area (Å²) >= 11 is 0. The standard InChI is InChI=1S/C18H28N2O2/c1-4-5-10-19-11-14(2)20(15(3)12-19)13-16-6-8-17(9-7-16)18(21)22/h6-9,14-15H,4-5,10-13H2,1-3H3,(H,21,22)/t14-,15+. The molecule has 0 unspecified atom stereocenters. The zero-order valence-corrected chi connectivity index (χ0v) is 14.0. The van der Waals surface area contributed by atoms with E-state index in [-0.39, 0.29) is 0 Å². The first kappa shape index (κ1) is 17.0. The third kappa shape index (κ3) is 4.31. The average molecular weight is 304 g/mol. The Labute approximate surface area is 133 Å². The zero-order valence-electron chi connectivity index (χ0n) is 14.0. The number of hydrogen-bond donors (Lipinski definition) is 1. The van der Waals surface area contributed by atoms with E-state index in [9.17, 15) is 4.79 Å². The van der Waals surface area contributed by atoms with E-state index in [2.05, 4.69) is 30.6 Å². The van der Waals surface area contributed by atoms with Gasteiger partial charge in [0.05, 0.1) is 5.56 Å². The van der Waals surface area contributed by atoms with Gasteiger partial charge in [-0.25, -0.2) is 4.79 Å². The first-order valence-electron chi connectivity index (χ1n) is 8.31. The van der Waals surface area contributed by atoms with Crippen LogP contribution in [-0.4, -0.2) is 52.6 Å². The van der Waals surface area contributed by atoms with Gasteiger partial charge in [0.2, 0.25) is 0 Å². The van der Waals surface area contributed by atoms with Crippen molar-refractivity contribution in [3.05, 3.63) is 35.4 Å². The second-order valence-electron chi connectivity index (χ2n) is 6.49. The fraction of sp³-hybridized carbons (Fsp3) is 0.611. The maximum atomic E-state index is 10.9. The van der Waals surface area contributed by atoms with Crippen molar-refractivity contribution in [2.24, 2.45) is 0 Å². The molecule has 1 N–H and O–H groups in total. The van der Waals surface area contributed by atoms with Gasteiger partial charge in [-0.2, -0.15) is 0 Å². The highest BCUT2D eigenvalue weighted by molar-refractivity contribution is 5.87. The van der Waals surface area contributed by atoms with Crippen LogP contribution >= 0.6 is 0 Å². The third-order valence-electron chi connectivity index (χ3n) is 4.57. The number of rotatable bonds is 6. The van der Waals surface area contributed by atoms with Crippen LogP contribution in [0.4, 0.5) is 0 Å². The summed E-state index contributed by atoms with van der Waals surface area (Å²) in [6.07, 6.45) is 2.52. The topological polar surface area (TPSA) is 43.8 Å². The van der Waals surface area contributed by atoms with Gasteiger partial charge >= 0.3 is 5.97 Å². The lowest BCUT2D eigenvalue weighted by Gasteiger charge is -2.44. The normalized spacial score (nSPS) is 23.6. The number of piperazine rings is 1. The van der Waals surface area contributed by atoms with Crippen LogP contribution in [0, 0.1) is 0 Å². The molecule has 1 aliphatic rings. The molecule has 22 heavy (non-hydrogen) atoms. The van der Waals surface area contributed by atoms with Gasteiger partial charge in [0, 0.05) is 31.7 Å². The summed E-state index contributed by atoms with van der Waals surface area (Å²) in [4.78, 5) is 16.0. The minimum Gasteiger partial charge on any atom is -0.478 e. The van der Waals surface area contributed by atoms with Crippen LogP contribution in [0.5, 0.6) is 0 Å². The van der Waals surface area contributed by atoms with Gasteiger partial charge < -0.3 is 10.0 Å². The summed E-state index contributed by atoms with van der Waals surface area (Å²) in [6, 6.07) is 8.33. The molecule has 122 valence electrons. The number of hydrogen-bond acceptors (Lipinski definition) is 3. The summed E-state index contributed by atoms with van der Waals surface area (Å²) in [5.74, 6) is -0.863. The Morgan fingerprint density at radius 3 is 2.27 bits per heavy atom. The highest BCUT2D eigenvalue weighted by Gasteiger charge is 2.28. The first-order valence-corrected chi connectivity index (χ1v) is 8.31. The smallest absolute Gasteiger partial charge is 0.335 e. The molecular weight excluding hydrogens is 276 g/mol. The third-order valence-corrected chi connectivity index (χ3v) is 4.57. The predicted octanol–water partition coefficient (Wildman–Crippen LogP) is 3.08. The van der Waals surface area contributed by atoms with Crippen molar-refractivity contribution in [2.45, 2.75) is 52.2 Å². The number of carboxylic acid groups (broad SMARTS) is 1. The maximum absolute atomic E-state index is 10.9. The van der Waals surface area contributed by atoms with Crippen molar-refractivity contribution >= 4 is 5.97 Å². The lowest BCUT2D eigenvalue weighted by atomic mass is 10.0. The summed E-state index contributed by atoms with van der Waals surface area (Å²) in [5, 5.41) is 8.97. The number of carboxylic acids is 1. The van der Waals surface area contributed by atoms with E-state index in [1.54, 1.807) is 12.1 Å². The van der Waals surface area contributed by atoms with Crippen molar-refractivity contribution in [1.82, 2.24) is 9.80 Å². The van der Waals surface area contributed by atoms with Gasteiger partial charge in [0.25, 0.3) is 0 Å². The maximum Gasteiger partial charge on any atom is 0.335 e. The summed E-state index contributed by atoms with van der Waals surface area (Å²) in [5.41, 5.74) is 1.54. The van der Waals surface area contributed by atoms with Crippen LogP contribution in [0.2, 0.25) is 0 Å². The van der Waals surface area contributed by atoms with E-state index in [4.69, 9.17) is 5.11 Å². The number of aromatic carboxylic acids is 1. The van der Waals surface area contributed by atoms with Crippen molar-refractivity contribution < 1.29 is 9.90 Å². The Balaban J connectivity index is 1.96. The van der Waals surface area contributed by atoms with E-state index in [0.29, 0.717) is 17.6 Å². The molecule has 2 atom stereocenters. The highest BCUT2D eigenvalue weighted by Crippen LogP contribution is 2.19. The van der Waals surface area contributed by atoms with Crippen molar-refractivity contribution in [2.75, 3.05) is 19.6 Å². The van der Waals surface area contributed by atoms with Crippen LogP contribution in [-0.2, 0) is 6.54 Å². The molecule has 4 heteroatoms. The van der Waals surface area contributed by atoms with Gasteiger partial charge in [-0.15, -0.1) is 0 Å². The first-order chi connectivity index (χ1) is 10.5. The minimum absolute atomic E-state index is 0.356. The predicted molar refractivity (Wildman–Crippen MR) is 89.2 cm³/mol. The molecule has 0 saturated carbocycles. The Kier molecular flexibility index (Phi) is 5.98. The Morgan fingerprint density at radius 2 is 1.77 bits per heavy atom.